The monoisotopic (exact) mass is 360 g/mol. The van der Waals surface area contributed by atoms with Gasteiger partial charge in [-0.3, -0.25) is 4.79 Å². The highest BCUT2D eigenvalue weighted by atomic mass is 16.1. The molecular formula is C22H24N4O. The van der Waals surface area contributed by atoms with Gasteiger partial charge in [-0.2, -0.15) is 0 Å². The van der Waals surface area contributed by atoms with Gasteiger partial charge >= 0.3 is 0 Å². The van der Waals surface area contributed by atoms with Gasteiger partial charge in [0.05, 0.1) is 17.0 Å². The van der Waals surface area contributed by atoms with Crippen LogP contribution in [0, 0.1) is 0 Å². The van der Waals surface area contributed by atoms with Crippen LogP contribution in [-0.2, 0) is 12.8 Å². The number of amides is 1. The maximum atomic E-state index is 12.0. The molecule has 1 aliphatic rings. The summed E-state index contributed by atoms with van der Waals surface area (Å²) in [7, 11) is 0. The van der Waals surface area contributed by atoms with Crippen LogP contribution in [0.1, 0.15) is 47.8 Å². The van der Waals surface area contributed by atoms with E-state index in [1.807, 2.05) is 12.1 Å². The van der Waals surface area contributed by atoms with Crippen LogP contribution in [0.4, 0.5) is 0 Å². The van der Waals surface area contributed by atoms with E-state index in [1.165, 1.54) is 24.8 Å². The van der Waals surface area contributed by atoms with Gasteiger partial charge in [-0.25, -0.2) is 9.97 Å². The highest BCUT2D eigenvalue weighted by Gasteiger charge is 2.20. The highest BCUT2D eigenvalue weighted by Crippen LogP contribution is 2.24. The maximum Gasteiger partial charge on any atom is 0.253 e. The smallest absolute Gasteiger partial charge is 0.253 e. The molecule has 0 unspecified atom stereocenters. The molecule has 1 aliphatic heterocycles. The zero-order chi connectivity index (χ0) is 18.6. The lowest BCUT2D eigenvalue weighted by Gasteiger charge is -2.10. The van der Waals surface area contributed by atoms with E-state index in [4.69, 9.17) is 4.98 Å². The number of unbranched alkanes of at least 4 members (excludes halogenated alkanes) is 2. The van der Waals surface area contributed by atoms with Crippen molar-refractivity contribution in [3.63, 3.8) is 0 Å². The molecule has 3 heterocycles. The first-order valence-corrected chi connectivity index (χ1v) is 9.67. The molecule has 0 aliphatic carbocycles. The number of hydrogen-bond donors (Lipinski definition) is 2. The van der Waals surface area contributed by atoms with Gasteiger partial charge in [-0.1, -0.05) is 44.0 Å². The molecule has 5 nitrogen and oxygen atoms in total. The Morgan fingerprint density at radius 2 is 1.96 bits per heavy atom. The number of carbonyl (C=O) groups is 1. The van der Waals surface area contributed by atoms with Crippen molar-refractivity contribution in [2.75, 3.05) is 6.54 Å². The van der Waals surface area contributed by atoms with Crippen molar-refractivity contribution in [3.8, 4) is 22.8 Å². The molecule has 4 rings (SSSR count). The number of aryl methyl sites for hydroxylation is 1. The summed E-state index contributed by atoms with van der Waals surface area (Å²) < 4.78 is 0. The quantitative estimate of drug-likeness (QED) is 0.649. The minimum absolute atomic E-state index is 0.0216. The third-order valence-corrected chi connectivity index (χ3v) is 5.02. The van der Waals surface area contributed by atoms with E-state index in [9.17, 15) is 4.79 Å². The molecule has 5 heteroatoms. The van der Waals surface area contributed by atoms with Crippen LogP contribution in [0.3, 0.4) is 0 Å². The highest BCUT2D eigenvalue weighted by molar-refractivity contribution is 5.97. The summed E-state index contributed by atoms with van der Waals surface area (Å²) in [6.07, 6.45) is 7.44. The van der Waals surface area contributed by atoms with E-state index in [-0.39, 0.29) is 5.91 Å². The van der Waals surface area contributed by atoms with Crippen molar-refractivity contribution in [2.45, 2.75) is 39.0 Å². The number of carbonyl (C=O) groups excluding carboxylic acids is 1. The number of H-pyrrole nitrogens is 1. The SMILES string of the molecule is CCCCCc1ccc(-c2nccc(-c3cc4c([nH]3)CCNC4=O)n2)cc1. The van der Waals surface area contributed by atoms with Crippen LogP contribution in [0.5, 0.6) is 0 Å². The van der Waals surface area contributed by atoms with Crippen molar-refractivity contribution in [2.24, 2.45) is 0 Å². The Morgan fingerprint density at radius 1 is 1.11 bits per heavy atom. The third kappa shape index (κ3) is 3.77. The van der Waals surface area contributed by atoms with Crippen LogP contribution in [0.25, 0.3) is 22.8 Å². The van der Waals surface area contributed by atoms with E-state index in [2.05, 4.69) is 46.5 Å². The minimum atomic E-state index is -0.0216. The van der Waals surface area contributed by atoms with Crippen molar-refractivity contribution in [1.29, 1.82) is 0 Å². The van der Waals surface area contributed by atoms with Crippen molar-refractivity contribution in [1.82, 2.24) is 20.3 Å². The largest absolute Gasteiger partial charge is 0.356 e. The number of rotatable bonds is 6. The van der Waals surface area contributed by atoms with Gasteiger partial charge in [0, 0.05) is 30.4 Å². The predicted octanol–water partition coefficient (Wildman–Crippen LogP) is 4.16. The van der Waals surface area contributed by atoms with Gasteiger partial charge in [0.2, 0.25) is 0 Å². The second-order valence-electron chi connectivity index (χ2n) is 7.00. The summed E-state index contributed by atoms with van der Waals surface area (Å²) >= 11 is 0. The average molecular weight is 360 g/mol. The lowest BCUT2D eigenvalue weighted by Crippen LogP contribution is -2.31. The molecule has 2 N–H and O–H groups in total. The Kier molecular flexibility index (Phi) is 5.01. The Bertz CT molecular complexity index is 943. The molecule has 0 radical (unpaired) electrons. The summed E-state index contributed by atoms with van der Waals surface area (Å²) in [4.78, 5) is 24.5. The van der Waals surface area contributed by atoms with E-state index in [0.717, 1.165) is 35.5 Å². The van der Waals surface area contributed by atoms with Crippen LogP contribution < -0.4 is 5.32 Å². The molecule has 138 valence electrons. The van der Waals surface area contributed by atoms with Gasteiger partial charge < -0.3 is 10.3 Å². The number of benzene rings is 1. The number of fused-ring (bicyclic) bond motifs is 1. The normalized spacial score (nSPS) is 13.3. The molecule has 27 heavy (non-hydrogen) atoms. The Balaban J connectivity index is 1.57. The Hall–Kier alpha value is -2.95. The molecule has 1 amide bonds. The first-order valence-electron chi connectivity index (χ1n) is 9.67. The standard InChI is InChI=1S/C22H24N4O/c1-2-3-4-5-15-6-8-16(9-7-15)21-23-12-11-19(26-21)20-14-17-18(25-20)10-13-24-22(17)27/h6-9,11-12,14,25H,2-5,10,13H2,1H3,(H,24,27). The second-order valence-corrected chi connectivity index (χ2v) is 7.00. The lowest BCUT2D eigenvalue weighted by molar-refractivity contribution is 0.0946. The summed E-state index contributed by atoms with van der Waals surface area (Å²) in [6, 6.07) is 12.3. The van der Waals surface area contributed by atoms with Crippen LogP contribution in [0.2, 0.25) is 0 Å². The van der Waals surface area contributed by atoms with Crippen molar-refractivity contribution < 1.29 is 4.79 Å². The first-order chi connectivity index (χ1) is 13.2. The zero-order valence-electron chi connectivity index (χ0n) is 15.6. The Labute approximate surface area is 159 Å². The van der Waals surface area contributed by atoms with Gasteiger partial charge in [0.25, 0.3) is 5.91 Å². The number of nitrogens with one attached hydrogen (secondary N) is 2. The predicted molar refractivity (Wildman–Crippen MR) is 107 cm³/mol. The fourth-order valence-corrected chi connectivity index (χ4v) is 3.48. The van der Waals surface area contributed by atoms with E-state index in [0.29, 0.717) is 17.9 Å². The molecule has 0 atom stereocenters. The van der Waals surface area contributed by atoms with E-state index in [1.54, 1.807) is 6.20 Å². The lowest BCUT2D eigenvalue weighted by atomic mass is 10.1. The molecule has 2 aromatic heterocycles. The molecular weight excluding hydrogens is 336 g/mol. The molecule has 0 saturated heterocycles. The van der Waals surface area contributed by atoms with Crippen molar-refractivity contribution >= 4 is 5.91 Å². The number of aromatic nitrogens is 3. The first kappa shape index (κ1) is 17.5. The number of nitrogens with zero attached hydrogens (tertiary/aromatic N) is 2. The van der Waals surface area contributed by atoms with Gasteiger partial charge in [0.1, 0.15) is 0 Å². The van der Waals surface area contributed by atoms with Crippen LogP contribution in [-0.4, -0.2) is 27.4 Å². The average Bonchev–Trinajstić information content (AvgIpc) is 3.15. The molecule has 1 aromatic carbocycles. The number of hydrogen-bond acceptors (Lipinski definition) is 3. The minimum Gasteiger partial charge on any atom is -0.356 e. The molecule has 0 bridgehead atoms. The topological polar surface area (TPSA) is 70.7 Å². The van der Waals surface area contributed by atoms with E-state index < -0.39 is 0 Å². The van der Waals surface area contributed by atoms with Gasteiger partial charge in [0.15, 0.2) is 5.82 Å². The van der Waals surface area contributed by atoms with Crippen molar-refractivity contribution in [3.05, 3.63) is 59.4 Å². The summed E-state index contributed by atoms with van der Waals surface area (Å²) in [6.45, 7) is 2.89. The van der Waals surface area contributed by atoms with Gasteiger partial charge in [-0.05, 0) is 30.5 Å². The van der Waals surface area contributed by atoms with Gasteiger partial charge in [-0.15, -0.1) is 0 Å². The summed E-state index contributed by atoms with van der Waals surface area (Å²) in [5.41, 5.74) is 5.71. The van der Waals surface area contributed by atoms with Crippen LogP contribution in [0.15, 0.2) is 42.6 Å². The number of aromatic amines is 1. The maximum absolute atomic E-state index is 12.0. The molecule has 3 aromatic rings. The Morgan fingerprint density at radius 3 is 2.74 bits per heavy atom. The summed E-state index contributed by atoms with van der Waals surface area (Å²) in [5, 5.41) is 2.87. The summed E-state index contributed by atoms with van der Waals surface area (Å²) in [5.74, 6) is 0.677. The zero-order valence-corrected chi connectivity index (χ0v) is 15.6. The third-order valence-electron chi connectivity index (χ3n) is 5.02. The molecule has 0 fully saturated rings. The fraction of sp³-hybridized carbons (Fsp3) is 0.318. The second kappa shape index (κ2) is 7.74. The fourth-order valence-electron chi connectivity index (χ4n) is 3.48. The molecule has 0 spiro atoms. The molecule has 0 saturated carbocycles. The van der Waals surface area contributed by atoms with E-state index >= 15 is 0 Å². The van der Waals surface area contributed by atoms with Crippen LogP contribution >= 0.6 is 0 Å².